The number of carbonyl (C=O) groups excluding carboxylic acids is 2. The lowest BCUT2D eigenvalue weighted by molar-refractivity contribution is -0.118. The zero-order valence-corrected chi connectivity index (χ0v) is 12.3. The molecule has 2 N–H and O–H groups in total. The minimum absolute atomic E-state index is 0.0113. The quantitative estimate of drug-likeness (QED) is 0.912. The third-order valence-electron chi connectivity index (χ3n) is 3.47. The van der Waals surface area contributed by atoms with Gasteiger partial charge >= 0.3 is 0 Å². The molecule has 0 aromatic heterocycles. The number of para-hydroxylation sites is 1. The van der Waals surface area contributed by atoms with Gasteiger partial charge in [-0.05, 0) is 36.2 Å². The van der Waals surface area contributed by atoms with Crippen molar-refractivity contribution < 1.29 is 18.7 Å². The first-order valence-corrected chi connectivity index (χ1v) is 7.22. The van der Waals surface area contributed by atoms with E-state index in [-0.39, 0.29) is 30.5 Å². The van der Waals surface area contributed by atoms with Gasteiger partial charge in [0.25, 0.3) is 5.91 Å². The zero-order valence-electron chi connectivity index (χ0n) is 12.3. The van der Waals surface area contributed by atoms with Crippen LogP contribution in [0.5, 0.6) is 5.75 Å². The van der Waals surface area contributed by atoms with Gasteiger partial charge in [-0.25, -0.2) is 4.39 Å². The van der Waals surface area contributed by atoms with Crippen LogP contribution in [0.15, 0.2) is 42.5 Å². The normalized spacial score (nSPS) is 12.8. The van der Waals surface area contributed by atoms with Crippen molar-refractivity contribution in [2.24, 2.45) is 0 Å². The van der Waals surface area contributed by atoms with Gasteiger partial charge in [0.15, 0.2) is 6.61 Å². The highest BCUT2D eigenvalue weighted by atomic mass is 19.1. The highest BCUT2D eigenvalue weighted by Gasteiger charge is 2.16. The summed E-state index contributed by atoms with van der Waals surface area (Å²) in [5.41, 5.74) is 1.66. The van der Waals surface area contributed by atoms with Crippen LogP contribution >= 0.6 is 0 Å². The average Bonchev–Trinajstić information content (AvgIpc) is 2.54. The summed E-state index contributed by atoms with van der Waals surface area (Å²) in [6.45, 7) is 0.0113. The van der Waals surface area contributed by atoms with Gasteiger partial charge in [0.05, 0.1) is 11.4 Å². The minimum Gasteiger partial charge on any atom is -0.482 e. The van der Waals surface area contributed by atoms with Gasteiger partial charge in [-0.1, -0.05) is 18.2 Å². The van der Waals surface area contributed by atoms with Crippen molar-refractivity contribution in [2.75, 3.05) is 17.2 Å². The first-order valence-electron chi connectivity index (χ1n) is 7.22. The molecule has 2 aromatic carbocycles. The maximum absolute atomic E-state index is 13.5. The molecule has 0 radical (unpaired) electrons. The van der Waals surface area contributed by atoms with Crippen LogP contribution in [0.25, 0.3) is 0 Å². The highest BCUT2D eigenvalue weighted by Crippen LogP contribution is 2.28. The molecule has 3 rings (SSSR count). The van der Waals surface area contributed by atoms with Gasteiger partial charge < -0.3 is 15.4 Å². The Balaban J connectivity index is 1.60. The van der Waals surface area contributed by atoms with E-state index in [1.54, 1.807) is 24.3 Å². The fourth-order valence-corrected chi connectivity index (χ4v) is 2.32. The Bertz CT molecular complexity index is 761. The summed E-state index contributed by atoms with van der Waals surface area (Å²) in [6.07, 6.45) is 0.686. The zero-order chi connectivity index (χ0) is 16.2. The van der Waals surface area contributed by atoms with Gasteiger partial charge in [-0.3, -0.25) is 9.59 Å². The monoisotopic (exact) mass is 314 g/mol. The molecule has 1 aliphatic rings. The summed E-state index contributed by atoms with van der Waals surface area (Å²) >= 11 is 0. The third-order valence-corrected chi connectivity index (χ3v) is 3.47. The summed E-state index contributed by atoms with van der Waals surface area (Å²) in [7, 11) is 0. The lowest BCUT2D eigenvalue weighted by atomic mass is 10.1. The van der Waals surface area contributed by atoms with E-state index < -0.39 is 5.82 Å². The van der Waals surface area contributed by atoms with E-state index in [1.165, 1.54) is 12.1 Å². The second-order valence-corrected chi connectivity index (χ2v) is 5.20. The molecular formula is C17H15FN2O3. The van der Waals surface area contributed by atoms with Crippen molar-refractivity contribution in [3.8, 4) is 5.75 Å². The number of hydrogen-bond acceptors (Lipinski definition) is 3. The molecule has 0 atom stereocenters. The molecule has 23 heavy (non-hydrogen) atoms. The van der Waals surface area contributed by atoms with E-state index in [2.05, 4.69) is 10.6 Å². The van der Waals surface area contributed by atoms with Crippen LogP contribution in [0, 0.1) is 5.82 Å². The molecule has 118 valence electrons. The lowest BCUT2D eigenvalue weighted by Crippen LogP contribution is -2.25. The number of rotatable bonds is 4. The first kappa shape index (κ1) is 15.0. The molecule has 0 saturated carbocycles. The third kappa shape index (κ3) is 3.66. The summed E-state index contributed by atoms with van der Waals surface area (Å²) in [6, 6.07) is 11.4. The van der Waals surface area contributed by atoms with E-state index in [9.17, 15) is 14.0 Å². The fraction of sp³-hybridized carbons (Fsp3) is 0.176. The topological polar surface area (TPSA) is 67.4 Å². The summed E-state index contributed by atoms with van der Waals surface area (Å²) in [4.78, 5) is 23.2. The number of aryl methyl sites for hydroxylation is 1. The van der Waals surface area contributed by atoms with Crippen molar-refractivity contribution >= 4 is 23.2 Å². The number of nitrogens with one attached hydrogen (secondary N) is 2. The molecule has 2 amide bonds. The summed E-state index contributed by atoms with van der Waals surface area (Å²) < 4.78 is 18.7. The van der Waals surface area contributed by atoms with Crippen LogP contribution in [0.3, 0.4) is 0 Å². The molecule has 0 fully saturated rings. The maximum Gasteiger partial charge on any atom is 0.262 e. The Morgan fingerprint density at radius 1 is 1.26 bits per heavy atom. The molecule has 1 aliphatic heterocycles. The molecule has 0 saturated heterocycles. The Labute approximate surface area is 132 Å². The standard InChI is InChI=1S/C17H15FN2O3/c18-12-3-1-2-4-13(12)19-16(21)8-6-11-5-7-15-14(9-11)20-17(22)10-23-15/h1-5,7,9H,6,8,10H2,(H,19,21)(H,20,22). The average molecular weight is 314 g/mol. The van der Waals surface area contributed by atoms with Crippen LogP contribution in [0.1, 0.15) is 12.0 Å². The molecule has 6 heteroatoms. The number of carbonyl (C=O) groups is 2. The largest absolute Gasteiger partial charge is 0.482 e. The molecular weight excluding hydrogens is 299 g/mol. The van der Waals surface area contributed by atoms with Crippen LogP contribution in [-0.2, 0) is 16.0 Å². The van der Waals surface area contributed by atoms with Crippen LogP contribution in [-0.4, -0.2) is 18.4 Å². The van der Waals surface area contributed by atoms with Crippen molar-refractivity contribution in [1.29, 1.82) is 0 Å². The second-order valence-electron chi connectivity index (χ2n) is 5.20. The van der Waals surface area contributed by atoms with E-state index in [0.717, 1.165) is 5.56 Å². The number of benzene rings is 2. The van der Waals surface area contributed by atoms with Crippen molar-refractivity contribution in [3.63, 3.8) is 0 Å². The van der Waals surface area contributed by atoms with Crippen molar-refractivity contribution in [2.45, 2.75) is 12.8 Å². The molecule has 0 spiro atoms. The summed E-state index contributed by atoms with van der Waals surface area (Å²) in [5, 5.41) is 5.26. The fourth-order valence-electron chi connectivity index (χ4n) is 2.32. The first-order chi connectivity index (χ1) is 11.1. The Morgan fingerprint density at radius 2 is 2.09 bits per heavy atom. The van der Waals surface area contributed by atoms with Crippen LogP contribution in [0.4, 0.5) is 15.8 Å². The molecule has 0 unspecified atom stereocenters. The van der Waals surface area contributed by atoms with Gasteiger partial charge in [-0.15, -0.1) is 0 Å². The number of amides is 2. The molecule has 2 aromatic rings. The van der Waals surface area contributed by atoms with E-state index in [1.807, 2.05) is 6.07 Å². The molecule has 0 aliphatic carbocycles. The van der Waals surface area contributed by atoms with Crippen LogP contribution in [0.2, 0.25) is 0 Å². The predicted octanol–water partition coefficient (Wildman–Crippen LogP) is 2.73. The van der Waals surface area contributed by atoms with Gasteiger partial charge in [-0.2, -0.15) is 0 Å². The molecule has 1 heterocycles. The second kappa shape index (κ2) is 6.48. The van der Waals surface area contributed by atoms with Gasteiger partial charge in [0, 0.05) is 6.42 Å². The van der Waals surface area contributed by atoms with Crippen molar-refractivity contribution in [3.05, 3.63) is 53.8 Å². The lowest BCUT2D eigenvalue weighted by Gasteiger charge is -2.18. The summed E-state index contributed by atoms with van der Waals surface area (Å²) in [5.74, 6) is -0.321. The molecule has 5 nitrogen and oxygen atoms in total. The Morgan fingerprint density at radius 3 is 2.91 bits per heavy atom. The Kier molecular flexibility index (Phi) is 4.23. The Hall–Kier alpha value is -2.89. The number of fused-ring (bicyclic) bond motifs is 1. The van der Waals surface area contributed by atoms with E-state index in [0.29, 0.717) is 17.9 Å². The van der Waals surface area contributed by atoms with Gasteiger partial charge in [0.1, 0.15) is 11.6 Å². The van der Waals surface area contributed by atoms with Crippen LogP contribution < -0.4 is 15.4 Å². The maximum atomic E-state index is 13.5. The SMILES string of the molecule is O=C(CCc1ccc2c(c1)NC(=O)CO2)Nc1ccccc1F. The number of halogens is 1. The smallest absolute Gasteiger partial charge is 0.262 e. The highest BCUT2D eigenvalue weighted by molar-refractivity contribution is 5.95. The predicted molar refractivity (Wildman–Crippen MR) is 83.9 cm³/mol. The molecule has 0 bridgehead atoms. The number of ether oxygens (including phenoxy) is 1. The van der Waals surface area contributed by atoms with E-state index >= 15 is 0 Å². The minimum atomic E-state index is -0.463. The number of hydrogen-bond donors (Lipinski definition) is 2. The van der Waals surface area contributed by atoms with Crippen molar-refractivity contribution in [1.82, 2.24) is 0 Å². The van der Waals surface area contributed by atoms with Gasteiger partial charge in [0.2, 0.25) is 5.91 Å². The number of anilines is 2. The van der Waals surface area contributed by atoms with E-state index in [4.69, 9.17) is 4.74 Å².